The highest BCUT2D eigenvalue weighted by atomic mass is 16.5. The van der Waals surface area contributed by atoms with Crippen molar-refractivity contribution in [2.75, 3.05) is 6.61 Å². The van der Waals surface area contributed by atoms with E-state index in [0.29, 0.717) is 41.8 Å². The van der Waals surface area contributed by atoms with Gasteiger partial charge >= 0.3 is 5.97 Å². The average molecular weight is 492 g/mol. The second kappa shape index (κ2) is 9.67. The molecule has 0 aliphatic rings. The average Bonchev–Trinajstić information content (AvgIpc) is 3.29. The largest absolute Gasteiger partial charge is 0.493 e. The lowest BCUT2D eigenvalue weighted by molar-refractivity contribution is 0.0690. The number of rotatable bonds is 7. The molecular formula is C30H25N3O4. The number of fused-ring (bicyclic) bond motifs is 2. The van der Waals surface area contributed by atoms with E-state index in [1.54, 1.807) is 13.1 Å². The summed E-state index contributed by atoms with van der Waals surface area (Å²) in [6.07, 6.45) is 1.13. The minimum absolute atomic E-state index is 0.0379. The van der Waals surface area contributed by atoms with E-state index in [0.717, 1.165) is 27.5 Å². The first-order valence-electron chi connectivity index (χ1n) is 12.0. The van der Waals surface area contributed by atoms with Crippen molar-refractivity contribution in [1.29, 1.82) is 5.26 Å². The molecule has 5 aromatic rings. The molecule has 0 spiro atoms. The summed E-state index contributed by atoms with van der Waals surface area (Å²) in [6.45, 7) is 2.24. The maximum Gasteiger partial charge on any atom is 0.352 e. The van der Waals surface area contributed by atoms with Crippen LogP contribution in [-0.4, -0.2) is 27.2 Å². The lowest BCUT2D eigenvalue weighted by Gasteiger charge is -2.12. The van der Waals surface area contributed by atoms with E-state index in [1.807, 2.05) is 73.7 Å². The Labute approximate surface area is 213 Å². The van der Waals surface area contributed by atoms with Crippen LogP contribution in [-0.2, 0) is 13.5 Å². The minimum atomic E-state index is -1.04. The van der Waals surface area contributed by atoms with E-state index in [1.165, 1.54) is 4.57 Å². The van der Waals surface area contributed by atoms with Crippen LogP contribution in [0.25, 0.3) is 32.8 Å². The highest BCUT2D eigenvalue weighted by molar-refractivity contribution is 6.03. The van der Waals surface area contributed by atoms with Crippen molar-refractivity contribution in [2.24, 2.45) is 7.05 Å². The van der Waals surface area contributed by atoms with Gasteiger partial charge in [-0.05, 0) is 42.8 Å². The predicted molar refractivity (Wildman–Crippen MR) is 143 cm³/mol. The molecule has 0 aliphatic carbocycles. The highest BCUT2D eigenvalue weighted by Crippen LogP contribution is 2.34. The van der Waals surface area contributed by atoms with Crippen LogP contribution in [0.4, 0.5) is 0 Å². The number of nitrogens with one attached hydrogen (secondary N) is 1. The maximum absolute atomic E-state index is 12.4. The van der Waals surface area contributed by atoms with Gasteiger partial charge < -0.3 is 19.4 Å². The molecule has 2 aromatic heterocycles. The summed E-state index contributed by atoms with van der Waals surface area (Å²) in [5.74, 6) is -0.238. The number of aryl methyl sites for hydroxylation is 1. The fourth-order valence-corrected chi connectivity index (χ4v) is 4.87. The van der Waals surface area contributed by atoms with Crippen LogP contribution in [0.15, 0.2) is 71.5 Å². The van der Waals surface area contributed by atoms with Gasteiger partial charge in [0.05, 0.1) is 12.1 Å². The molecule has 0 unspecified atom stereocenters. The van der Waals surface area contributed by atoms with Crippen LogP contribution >= 0.6 is 0 Å². The Hall–Kier alpha value is -4.83. The number of pyridine rings is 1. The standard InChI is InChI=1S/C30H25N3O4/c1-18-25(16-20(17-31)29(34)33(18)2)24-12-6-11-22-23(28(30(35)36)32-27(22)24)13-7-15-37-26-14-5-9-19-8-3-4-10-21(19)26/h3-6,8-12,14,16,32H,7,13,15H2,1-2H3,(H,35,36). The van der Waals surface area contributed by atoms with E-state index < -0.39 is 5.97 Å². The normalized spacial score (nSPS) is 11.1. The number of ether oxygens (including phenoxy) is 1. The number of carboxylic acid groups (broad SMARTS) is 1. The van der Waals surface area contributed by atoms with Gasteiger partial charge in [-0.3, -0.25) is 4.79 Å². The number of aromatic carboxylic acids is 1. The zero-order valence-electron chi connectivity index (χ0n) is 20.5. The van der Waals surface area contributed by atoms with E-state index in [9.17, 15) is 20.0 Å². The first-order chi connectivity index (χ1) is 17.9. The fourth-order valence-electron chi connectivity index (χ4n) is 4.87. The fraction of sp³-hybridized carbons (Fsp3) is 0.167. The number of aromatic nitrogens is 2. The summed E-state index contributed by atoms with van der Waals surface area (Å²) < 4.78 is 7.51. The molecule has 0 bridgehead atoms. The van der Waals surface area contributed by atoms with Gasteiger partial charge in [-0.2, -0.15) is 5.26 Å². The Morgan fingerprint density at radius 2 is 1.78 bits per heavy atom. The van der Waals surface area contributed by atoms with Crippen molar-refractivity contribution in [3.05, 3.63) is 99.6 Å². The molecule has 7 heteroatoms. The van der Waals surface area contributed by atoms with E-state index in [4.69, 9.17) is 4.74 Å². The van der Waals surface area contributed by atoms with Gasteiger partial charge in [0.2, 0.25) is 0 Å². The molecule has 0 saturated carbocycles. The van der Waals surface area contributed by atoms with Crippen LogP contribution in [0.3, 0.4) is 0 Å². The minimum Gasteiger partial charge on any atom is -0.493 e. The van der Waals surface area contributed by atoms with Gasteiger partial charge in [-0.15, -0.1) is 0 Å². The Morgan fingerprint density at radius 1 is 1.05 bits per heavy atom. The van der Waals surface area contributed by atoms with Crippen LogP contribution in [0.1, 0.15) is 33.7 Å². The Morgan fingerprint density at radius 3 is 2.57 bits per heavy atom. The third-order valence-corrected chi connectivity index (χ3v) is 6.86. The molecule has 2 N–H and O–H groups in total. The monoisotopic (exact) mass is 491 g/mol. The van der Waals surface area contributed by atoms with Crippen molar-refractivity contribution in [3.63, 3.8) is 0 Å². The summed E-state index contributed by atoms with van der Waals surface area (Å²) in [5.41, 5.74) is 3.31. The highest BCUT2D eigenvalue weighted by Gasteiger charge is 2.21. The first kappa shape index (κ1) is 23.9. The lowest BCUT2D eigenvalue weighted by atomic mass is 9.98. The van der Waals surface area contributed by atoms with Gasteiger partial charge in [-0.25, -0.2) is 4.79 Å². The molecule has 7 nitrogen and oxygen atoms in total. The zero-order chi connectivity index (χ0) is 26.1. The molecule has 0 amide bonds. The predicted octanol–water partition coefficient (Wildman–Crippen LogP) is 5.58. The molecule has 2 heterocycles. The molecule has 3 aromatic carbocycles. The van der Waals surface area contributed by atoms with Gasteiger partial charge in [-0.1, -0.05) is 54.6 Å². The van der Waals surface area contributed by atoms with Crippen LogP contribution in [0, 0.1) is 18.3 Å². The number of para-hydroxylation sites is 1. The van der Waals surface area contributed by atoms with Gasteiger partial charge in [0.1, 0.15) is 23.1 Å². The van der Waals surface area contributed by atoms with Crippen molar-refractivity contribution in [1.82, 2.24) is 9.55 Å². The Bertz CT molecular complexity index is 1770. The van der Waals surface area contributed by atoms with Crippen LogP contribution in [0.5, 0.6) is 5.75 Å². The summed E-state index contributed by atoms with van der Waals surface area (Å²) in [5, 5.41) is 22.3. The third-order valence-electron chi connectivity index (χ3n) is 6.86. The quantitative estimate of drug-likeness (QED) is 0.289. The number of aromatic amines is 1. The summed E-state index contributed by atoms with van der Waals surface area (Å²) in [4.78, 5) is 27.6. The van der Waals surface area contributed by atoms with Gasteiger partial charge in [0.15, 0.2) is 0 Å². The lowest BCUT2D eigenvalue weighted by Crippen LogP contribution is -2.22. The second-order valence-electron chi connectivity index (χ2n) is 8.97. The van der Waals surface area contributed by atoms with E-state index in [-0.39, 0.29) is 16.8 Å². The molecule has 37 heavy (non-hydrogen) atoms. The van der Waals surface area contributed by atoms with Crippen molar-refractivity contribution in [2.45, 2.75) is 19.8 Å². The summed E-state index contributed by atoms with van der Waals surface area (Å²) >= 11 is 0. The molecule has 0 aliphatic heterocycles. The number of benzene rings is 3. The summed E-state index contributed by atoms with van der Waals surface area (Å²) in [6, 6.07) is 23.1. The summed E-state index contributed by atoms with van der Waals surface area (Å²) in [7, 11) is 1.63. The molecule has 184 valence electrons. The SMILES string of the molecule is Cc1c(-c2cccc3c(CCCOc4cccc5ccccc45)c(C(=O)O)[nH]c23)cc(C#N)c(=O)n1C. The number of hydrogen-bond acceptors (Lipinski definition) is 4. The van der Waals surface area contributed by atoms with Gasteiger partial charge in [0.25, 0.3) is 5.56 Å². The van der Waals surface area contributed by atoms with Crippen molar-refractivity contribution < 1.29 is 14.6 Å². The molecule has 0 saturated heterocycles. The smallest absolute Gasteiger partial charge is 0.352 e. The number of hydrogen-bond donors (Lipinski definition) is 2. The zero-order valence-corrected chi connectivity index (χ0v) is 20.5. The van der Waals surface area contributed by atoms with E-state index >= 15 is 0 Å². The molecule has 5 rings (SSSR count). The van der Waals surface area contributed by atoms with Crippen molar-refractivity contribution >= 4 is 27.6 Å². The molecule has 0 fully saturated rings. The number of nitriles is 1. The maximum atomic E-state index is 12.4. The number of nitrogens with zero attached hydrogens (tertiary/aromatic N) is 2. The van der Waals surface area contributed by atoms with E-state index in [2.05, 4.69) is 4.98 Å². The molecular weight excluding hydrogens is 466 g/mol. The van der Waals surface area contributed by atoms with Crippen LogP contribution < -0.4 is 10.3 Å². The van der Waals surface area contributed by atoms with Gasteiger partial charge in [0, 0.05) is 34.6 Å². The molecule has 0 atom stereocenters. The Balaban J connectivity index is 1.48. The second-order valence-corrected chi connectivity index (χ2v) is 8.97. The number of H-pyrrole nitrogens is 1. The number of carboxylic acids is 1. The molecule has 0 radical (unpaired) electrons. The third kappa shape index (κ3) is 4.23. The van der Waals surface area contributed by atoms with Crippen molar-refractivity contribution in [3.8, 4) is 22.9 Å². The topological polar surface area (TPSA) is 108 Å². The van der Waals surface area contributed by atoms with Crippen LogP contribution in [0.2, 0.25) is 0 Å². The Kier molecular flexibility index (Phi) is 6.24. The number of carbonyl (C=O) groups is 1. The first-order valence-corrected chi connectivity index (χ1v) is 12.0.